The first-order chi connectivity index (χ1) is 8.89. The molecule has 2 nitrogen and oxygen atoms in total. The highest BCUT2D eigenvalue weighted by Gasteiger charge is 2.45. The minimum atomic E-state index is -4.44. The third-order valence-electron chi connectivity index (χ3n) is 3.08. The average Bonchev–Trinajstić information content (AvgIpc) is 2.33. The number of hydrogen-bond acceptors (Lipinski definition) is 2. The van der Waals surface area contributed by atoms with Crippen LogP contribution in [-0.2, 0) is 0 Å². The van der Waals surface area contributed by atoms with Gasteiger partial charge in [0.2, 0.25) is 0 Å². The fourth-order valence-corrected chi connectivity index (χ4v) is 2.71. The summed E-state index contributed by atoms with van der Waals surface area (Å²) in [7, 11) is 0. The number of nitrogens with zero attached hydrogens (tertiary/aromatic N) is 1. The Balaban J connectivity index is 0.00000200. The molecule has 122 valence electrons. The number of benzene rings is 1. The zero-order valence-corrected chi connectivity index (χ0v) is 14.0. The predicted molar refractivity (Wildman–Crippen MR) is 81.8 cm³/mol. The minimum Gasteiger partial charge on any atom is -0.314 e. The summed E-state index contributed by atoms with van der Waals surface area (Å²) in [6.45, 7) is 1.57. The second kappa shape index (κ2) is 8.53. The lowest BCUT2D eigenvalue weighted by molar-refractivity contribution is -0.188. The van der Waals surface area contributed by atoms with Gasteiger partial charge in [-0.3, -0.25) is 4.90 Å². The lowest BCUT2D eigenvalue weighted by atomic mass is 10.0. The highest BCUT2D eigenvalue weighted by atomic mass is 79.9. The number of hydrogen-bond donors (Lipinski definition) is 1. The molecular weight excluding hydrogens is 399 g/mol. The maximum atomic E-state index is 13.3. The van der Waals surface area contributed by atoms with Crippen molar-refractivity contribution in [3.63, 3.8) is 0 Å². The van der Waals surface area contributed by atoms with E-state index >= 15 is 0 Å². The molecule has 21 heavy (non-hydrogen) atoms. The van der Waals surface area contributed by atoms with E-state index in [1.165, 1.54) is 11.0 Å². The van der Waals surface area contributed by atoms with Crippen LogP contribution < -0.4 is 5.32 Å². The van der Waals surface area contributed by atoms with Crippen LogP contribution in [0.2, 0.25) is 0 Å². The maximum Gasteiger partial charge on any atom is 0.408 e. The van der Waals surface area contributed by atoms with Crippen LogP contribution in [0.5, 0.6) is 0 Å². The van der Waals surface area contributed by atoms with Crippen molar-refractivity contribution in [2.24, 2.45) is 0 Å². The average molecular weight is 414 g/mol. The standard InChI is InChI=1S/C12H13BrF4N2.2ClH/c13-10-2-1-8(14)7-9(10)11(12(15,16)17)19-5-3-18-4-6-19;;/h1-2,7,11,18H,3-6H2;2*1H/t11-;;/m0../s1. The second-order valence-corrected chi connectivity index (χ2v) is 5.25. The SMILES string of the molecule is Cl.Cl.Fc1ccc(Br)c([C@H](N2CCNCC2)C(F)(F)F)c1. The van der Waals surface area contributed by atoms with Gasteiger partial charge in [0.05, 0.1) is 0 Å². The Morgan fingerprint density at radius 1 is 1.14 bits per heavy atom. The van der Waals surface area contributed by atoms with Gasteiger partial charge < -0.3 is 5.32 Å². The molecule has 1 saturated heterocycles. The molecule has 1 atom stereocenters. The summed E-state index contributed by atoms with van der Waals surface area (Å²) in [6, 6.07) is 1.62. The zero-order chi connectivity index (χ0) is 14.0. The van der Waals surface area contributed by atoms with Gasteiger partial charge in [0.15, 0.2) is 0 Å². The molecule has 0 spiro atoms. The lowest BCUT2D eigenvalue weighted by Gasteiger charge is -2.36. The van der Waals surface area contributed by atoms with E-state index in [-0.39, 0.29) is 47.9 Å². The van der Waals surface area contributed by atoms with Crippen LogP contribution in [0.15, 0.2) is 22.7 Å². The van der Waals surface area contributed by atoms with Crippen molar-refractivity contribution < 1.29 is 17.6 Å². The molecule has 1 aliphatic heterocycles. The van der Waals surface area contributed by atoms with Crippen molar-refractivity contribution in [2.75, 3.05) is 26.2 Å². The monoisotopic (exact) mass is 412 g/mol. The first-order valence-corrected chi connectivity index (χ1v) is 6.65. The summed E-state index contributed by atoms with van der Waals surface area (Å²) in [4.78, 5) is 1.33. The fourth-order valence-electron chi connectivity index (χ4n) is 2.24. The first-order valence-electron chi connectivity index (χ1n) is 5.86. The number of nitrogens with one attached hydrogen (secondary N) is 1. The zero-order valence-electron chi connectivity index (χ0n) is 10.8. The van der Waals surface area contributed by atoms with Crippen LogP contribution in [0.1, 0.15) is 11.6 Å². The van der Waals surface area contributed by atoms with Gasteiger partial charge in [0.1, 0.15) is 11.9 Å². The summed E-state index contributed by atoms with van der Waals surface area (Å²) in [5.74, 6) is -0.664. The number of halogens is 7. The minimum absolute atomic E-state index is 0. The Hall–Kier alpha value is -0.0800. The number of alkyl halides is 3. The van der Waals surface area contributed by atoms with E-state index in [4.69, 9.17) is 0 Å². The molecular formula is C12H15BrCl2F4N2. The van der Waals surface area contributed by atoms with Gasteiger partial charge in [-0.2, -0.15) is 13.2 Å². The fraction of sp³-hybridized carbons (Fsp3) is 0.500. The summed E-state index contributed by atoms with van der Waals surface area (Å²) in [6.07, 6.45) is -4.44. The van der Waals surface area contributed by atoms with E-state index in [0.717, 1.165) is 12.1 Å². The molecule has 0 saturated carbocycles. The molecule has 1 fully saturated rings. The van der Waals surface area contributed by atoms with Crippen LogP contribution in [-0.4, -0.2) is 37.3 Å². The Morgan fingerprint density at radius 3 is 2.24 bits per heavy atom. The Morgan fingerprint density at radius 2 is 1.71 bits per heavy atom. The largest absolute Gasteiger partial charge is 0.408 e. The van der Waals surface area contributed by atoms with Crippen molar-refractivity contribution in [3.05, 3.63) is 34.1 Å². The Bertz CT molecular complexity index is 453. The molecule has 0 unspecified atom stereocenters. The van der Waals surface area contributed by atoms with Crippen molar-refractivity contribution in [2.45, 2.75) is 12.2 Å². The molecule has 1 N–H and O–H groups in total. The van der Waals surface area contributed by atoms with Gasteiger partial charge in [-0.25, -0.2) is 4.39 Å². The van der Waals surface area contributed by atoms with Gasteiger partial charge in [0.25, 0.3) is 0 Å². The summed E-state index contributed by atoms with van der Waals surface area (Å²) < 4.78 is 53.4. The van der Waals surface area contributed by atoms with Crippen LogP contribution in [0.3, 0.4) is 0 Å². The smallest absolute Gasteiger partial charge is 0.314 e. The number of piperazine rings is 1. The van der Waals surface area contributed by atoms with Crippen LogP contribution >= 0.6 is 40.7 Å². The quantitative estimate of drug-likeness (QED) is 0.738. The van der Waals surface area contributed by atoms with Crippen LogP contribution in [0.25, 0.3) is 0 Å². The van der Waals surface area contributed by atoms with Gasteiger partial charge in [-0.05, 0) is 23.8 Å². The third kappa shape index (κ3) is 5.25. The van der Waals surface area contributed by atoms with E-state index < -0.39 is 18.0 Å². The van der Waals surface area contributed by atoms with Crippen molar-refractivity contribution in [3.8, 4) is 0 Å². The van der Waals surface area contributed by atoms with Crippen molar-refractivity contribution in [1.82, 2.24) is 10.2 Å². The van der Waals surface area contributed by atoms with Gasteiger partial charge in [-0.1, -0.05) is 15.9 Å². The van der Waals surface area contributed by atoms with E-state index in [1.54, 1.807) is 0 Å². The van der Waals surface area contributed by atoms with Crippen molar-refractivity contribution in [1.29, 1.82) is 0 Å². The number of rotatable bonds is 2. The Kier molecular flexibility index (Phi) is 8.49. The molecule has 0 bridgehead atoms. The van der Waals surface area contributed by atoms with Gasteiger partial charge in [-0.15, -0.1) is 24.8 Å². The molecule has 1 aromatic carbocycles. The molecule has 0 aromatic heterocycles. The van der Waals surface area contributed by atoms with E-state index in [0.29, 0.717) is 13.1 Å². The first kappa shape index (κ1) is 20.9. The molecule has 1 heterocycles. The molecule has 0 amide bonds. The summed E-state index contributed by atoms with van der Waals surface area (Å²) in [5.41, 5.74) is -0.0746. The molecule has 1 aromatic rings. The van der Waals surface area contributed by atoms with Crippen molar-refractivity contribution >= 4 is 40.7 Å². The molecule has 2 rings (SSSR count). The van der Waals surface area contributed by atoms with Crippen LogP contribution in [0.4, 0.5) is 17.6 Å². The molecule has 9 heteroatoms. The van der Waals surface area contributed by atoms with E-state index in [1.807, 2.05) is 0 Å². The summed E-state index contributed by atoms with van der Waals surface area (Å²) in [5, 5.41) is 3.00. The topological polar surface area (TPSA) is 15.3 Å². The van der Waals surface area contributed by atoms with E-state index in [2.05, 4.69) is 21.2 Å². The molecule has 0 radical (unpaired) electrons. The normalized spacial score (nSPS) is 17.6. The lowest BCUT2D eigenvalue weighted by Crippen LogP contribution is -2.49. The predicted octanol–water partition coefficient (Wildman–Crippen LogP) is 3.94. The highest BCUT2D eigenvalue weighted by Crippen LogP contribution is 2.40. The Labute approximate surface area is 141 Å². The van der Waals surface area contributed by atoms with Gasteiger partial charge >= 0.3 is 6.18 Å². The molecule has 1 aliphatic rings. The highest BCUT2D eigenvalue weighted by molar-refractivity contribution is 9.10. The maximum absolute atomic E-state index is 13.3. The summed E-state index contributed by atoms with van der Waals surface area (Å²) >= 11 is 3.08. The van der Waals surface area contributed by atoms with E-state index in [9.17, 15) is 17.6 Å². The molecule has 0 aliphatic carbocycles. The second-order valence-electron chi connectivity index (χ2n) is 4.40. The third-order valence-corrected chi connectivity index (χ3v) is 3.80. The van der Waals surface area contributed by atoms with Gasteiger partial charge in [0, 0.05) is 30.7 Å². The van der Waals surface area contributed by atoms with Crippen LogP contribution in [0, 0.1) is 5.82 Å².